The molecule has 1 aliphatic carbocycles. The Bertz CT molecular complexity index is 997. The SMILES string of the molecule is CC(C)CN(CCC(=O)NC1CC1)C(=O)c1cc2n(n1)CCCN(Cc1ccccc1)C2=O. The predicted octanol–water partition coefficient (Wildman–Crippen LogP) is 2.70. The molecule has 0 unspecified atom stereocenters. The molecule has 1 aromatic heterocycles. The highest BCUT2D eigenvalue weighted by Crippen LogP contribution is 2.20. The largest absolute Gasteiger partial charge is 0.353 e. The Morgan fingerprint density at radius 3 is 2.64 bits per heavy atom. The Kier molecular flexibility index (Phi) is 7.11. The minimum Gasteiger partial charge on any atom is -0.353 e. The van der Waals surface area contributed by atoms with Crippen LogP contribution in [0, 0.1) is 5.92 Å². The quantitative estimate of drug-likeness (QED) is 0.635. The van der Waals surface area contributed by atoms with Gasteiger partial charge in [-0.05, 0) is 30.7 Å². The fourth-order valence-corrected chi connectivity index (χ4v) is 4.14. The Hall–Kier alpha value is -3.16. The molecule has 0 atom stereocenters. The topological polar surface area (TPSA) is 87.5 Å². The molecular weight excluding hydrogens is 418 g/mol. The van der Waals surface area contributed by atoms with Crippen LogP contribution in [0.3, 0.4) is 0 Å². The van der Waals surface area contributed by atoms with E-state index in [9.17, 15) is 14.4 Å². The molecule has 1 saturated carbocycles. The van der Waals surface area contributed by atoms with Crippen molar-refractivity contribution in [2.75, 3.05) is 19.6 Å². The summed E-state index contributed by atoms with van der Waals surface area (Å²) in [5.41, 5.74) is 1.79. The van der Waals surface area contributed by atoms with Gasteiger partial charge in [0.1, 0.15) is 5.69 Å². The second kappa shape index (κ2) is 10.2. The van der Waals surface area contributed by atoms with E-state index in [1.807, 2.05) is 49.1 Å². The summed E-state index contributed by atoms with van der Waals surface area (Å²) in [5.74, 6) is -0.108. The summed E-state index contributed by atoms with van der Waals surface area (Å²) in [5, 5.41) is 7.47. The number of amides is 3. The zero-order chi connectivity index (χ0) is 23.4. The summed E-state index contributed by atoms with van der Waals surface area (Å²) in [6, 6.07) is 11.8. The Balaban J connectivity index is 1.47. The van der Waals surface area contributed by atoms with Crippen molar-refractivity contribution in [3.05, 3.63) is 53.3 Å². The lowest BCUT2D eigenvalue weighted by molar-refractivity contribution is -0.121. The normalized spacial score (nSPS) is 15.8. The standard InChI is InChI=1S/C25H33N5O3/c1-18(2)16-29(14-11-23(31)26-20-9-10-20)24(32)21-15-22-25(33)28(12-6-13-30(22)27-21)17-19-7-4-3-5-8-19/h3-5,7-8,15,18,20H,6,9-14,16-17H2,1-2H3,(H,26,31). The molecular formula is C25H33N5O3. The number of hydrogen-bond acceptors (Lipinski definition) is 4. The molecule has 1 fully saturated rings. The second-order valence-corrected chi connectivity index (χ2v) is 9.44. The minimum absolute atomic E-state index is 0.0218. The fourth-order valence-electron chi connectivity index (χ4n) is 4.14. The van der Waals surface area contributed by atoms with Gasteiger partial charge in [0.25, 0.3) is 11.8 Å². The van der Waals surface area contributed by atoms with Gasteiger partial charge in [0, 0.05) is 51.3 Å². The molecule has 4 rings (SSSR count). The van der Waals surface area contributed by atoms with E-state index in [1.54, 1.807) is 15.6 Å². The van der Waals surface area contributed by atoms with Crippen LogP contribution in [0.25, 0.3) is 0 Å². The Labute approximate surface area is 194 Å². The van der Waals surface area contributed by atoms with Crippen LogP contribution < -0.4 is 5.32 Å². The summed E-state index contributed by atoms with van der Waals surface area (Å²) in [6.07, 6.45) is 3.12. The van der Waals surface area contributed by atoms with Gasteiger partial charge in [-0.3, -0.25) is 19.1 Å². The molecule has 1 aliphatic heterocycles. The first-order valence-corrected chi connectivity index (χ1v) is 11.9. The number of carbonyl (C=O) groups is 3. The molecule has 0 bridgehead atoms. The smallest absolute Gasteiger partial charge is 0.274 e. The van der Waals surface area contributed by atoms with Gasteiger partial charge in [-0.2, -0.15) is 5.10 Å². The van der Waals surface area contributed by atoms with Gasteiger partial charge < -0.3 is 15.1 Å². The van der Waals surface area contributed by atoms with Crippen molar-refractivity contribution in [3.8, 4) is 0 Å². The first kappa shape index (κ1) is 23.0. The van der Waals surface area contributed by atoms with E-state index in [0.717, 1.165) is 24.8 Å². The van der Waals surface area contributed by atoms with Crippen LogP contribution in [-0.4, -0.2) is 63.0 Å². The Morgan fingerprint density at radius 1 is 1.18 bits per heavy atom. The highest BCUT2D eigenvalue weighted by Gasteiger charge is 2.29. The third-order valence-electron chi connectivity index (χ3n) is 5.94. The van der Waals surface area contributed by atoms with Crippen molar-refractivity contribution in [2.24, 2.45) is 5.92 Å². The molecule has 8 heteroatoms. The van der Waals surface area contributed by atoms with Crippen molar-refractivity contribution < 1.29 is 14.4 Å². The molecule has 0 saturated heterocycles. The number of nitrogens with one attached hydrogen (secondary N) is 1. The summed E-state index contributed by atoms with van der Waals surface area (Å²) < 4.78 is 1.66. The molecule has 0 radical (unpaired) electrons. The molecule has 1 aromatic carbocycles. The second-order valence-electron chi connectivity index (χ2n) is 9.44. The number of aryl methyl sites for hydroxylation is 1. The highest BCUT2D eigenvalue weighted by molar-refractivity contribution is 5.98. The molecule has 3 amide bonds. The third-order valence-corrected chi connectivity index (χ3v) is 5.94. The summed E-state index contributed by atoms with van der Waals surface area (Å²) >= 11 is 0. The molecule has 8 nitrogen and oxygen atoms in total. The van der Waals surface area contributed by atoms with Crippen molar-refractivity contribution in [1.29, 1.82) is 0 Å². The number of fused-ring (bicyclic) bond motifs is 1. The molecule has 2 aliphatic rings. The first-order valence-electron chi connectivity index (χ1n) is 11.9. The third kappa shape index (κ3) is 6.00. The van der Waals surface area contributed by atoms with Gasteiger partial charge in [0.15, 0.2) is 5.69 Å². The monoisotopic (exact) mass is 451 g/mol. The van der Waals surface area contributed by atoms with E-state index in [4.69, 9.17) is 0 Å². The van der Waals surface area contributed by atoms with Crippen molar-refractivity contribution >= 4 is 17.7 Å². The van der Waals surface area contributed by atoms with Gasteiger partial charge in [0.05, 0.1) is 0 Å². The van der Waals surface area contributed by atoms with Gasteiger partial charge >= 0.3 is 0 Å². The van der Waals surface area contributed by atoms with Crippen LogP contribution in [0.5, 0.6) is 0 Å². The number of benzene rings is 1. The summed E-state index contributed by atoms with van der Waals surface area (Å²) in [4.78, 5) is 42.2. The van der Waals surface area contributed by atoms with E-state index >= 15 is 0 Å². The van der Waals surface area contributed by atoms with Crippen molar-refractivity contribution in [1.82, 2.24) is 24.9 Å². The van der Waals surface area contributed by atoms with E-state index in [0.29, 0.717) is 44.5 Å². The maximum Gasteiger partial charge on any atom is 0.274 e. The van der Waals surface area contributed by atoms with Crippen LogP contribution in [0.2, 0.25) is 0 Å². The van der Waals surface area contributed by atoms with Gasteiger partial charge in [-0.1, -0.05) is 44.2 Å². The summed E-state index contributed by atoms with van der Waals surface area (Å²) in [7, 11) is 0. The average molecular weight is 452 g/mol. The zero-order valence-electron chi connectivity index (χ0n) is 19.5. The number of nitrogens with zero attached hydrogens (tertiary/aromatic N) is 4. The van der Waals surface area contributed by atoms with Crippen LogP contribution in [0.15, 0.2) is 36.4 Å². The predicted molar refractivity (Wildman–Crippen MR) is 125 cm³/mol. The molecule has 33 heavy (non-hydrogen) atoms. The highest BCUT2D eigenvalue weighted by atomic mass is 16.2. The van der Waals surface area contributed by atoms with Gasteiger partial charge in [0.2, 0.25) is 5.91 Å². The molecule has 176 valence electrons. The van der Waals surface area contributed by atoms with Gasteiger partial charge in [-0.25, -0.2) is 0 Å². The van der Waals surface area contributed by atoms with E-state index in [1.165, 1.54) is 0 Å². The lowest BCUT2D eigenvalue weighted by Gasteiger charge is -2.23. The van der Waals surface area contributed by atoms with Crippen molar-refractivity contribution in [2.45, 2.75) is 58.7 Å². The van der Waals surface area contributed by atoms with Crippen LogP contribution in [-0.2, 0) is 17.9 Å². The lowest BCUT2D eigenvalue weighted by atomic mass is 10.2. The molecule has 1 N–H and O–H groups in total. The summed E-state index contributed by atoms with van der Waals surface area (Å²) in [6.45, 7) is 6.72. The number of aromatic nitrogens is 2. The number of rotatable bonds is 9. The average Bonchev–Trinajstić information content (AvgIpc) is 3.53. The molecule has 0 spiro atoms. The van der Waals surface area contributed by atoms with Crippen LogP contribution in [0.4, 0.5) is 0 Å². The minimum atomic E-state index is -0.231. The molecule has 2 heterocycles. The lowest BCUT2D eigenvalue weighted by Crippen LogP contribution is -2.38. The van der Waals surface area contributed by atoms with Crippen LogP contribution in [0.1, 0.15) is 66.1 Å². The zero-order valence-corrected chi connectivity index (χ0v) is 19.5. The van der Waals surface area contributed by atoms with Crippen molar-refractivity contribution in [3.63, 3.8) is 0 Å². The molecule has 2 aromatic rings. The Morgan fingerprint density at radius 2 is 1.94 bits per heavy atom. The van der Waals surface area contributed by atoms with E-state index < -0.39 is 0 Å². The maximum absolute atomic E-state index is 13.3. The maximum atomic E-state index is 13.3. The van der Waals surface area contributed by atoms with Gasteiger partial charge in [-0.15, -0.1) is 0 Å². The van der Waals surface area contributed by atoms with Crippen LogP contribution >= 0.6 is 0 Å². The van der Waals surface area contributed by atoms with E-state index in [2.05, 4.69) is 10.4 Å². The number of hydrogen-bond donors (Lipinski definition) is 1. The fraction of sp³-hybridized carbons (Fsp3) is 0.520. The van der Waals surface area contributed by atoms with E-state index in [-0.39, 0.29) is 35.8 Å². The number of carbonyl (C=O) groups excluding carboxylic acids is 3. The first-order chi connectivity index (χ1) is 15.9.